The standard InChI is InChI=1S/C47H63N9O16/c1-32(61)70-27-18-55(30-42(64)72-56-40(62)6-7-41(56)63)17-14-50-45(67)71-31-39-37-28-33(43(65)46(8-19-57,9-20-58)12-23-68-25-15-51-53-48)2-4-35(37)36-5-3-34(29-38(36)39)44(66)47(10-21-59,11-22-60)13-24-69-26-16-52-54-49/h2-5,28-29,39,57-60H,6-27,30-31H2,1H3,(H,50,67). The van der Waals surface area contributed by atoms with Gasteiger partial charge in [-0.25, -0.2) is 9.59 Å². The molecule has 0 spiro atoms. The second kappa shape index (κ2) is 29.7. The lowest BCUT2D eigenvalue weighted by Crippen LogP contribution is -2.42. The van der Waals surface area contributed by atoms with Crippen molar-refractivity contribution in [3.8, 4) is 11.1 Å². The van der Waals surface area contributed by atoms with Gasteiger partial charge in [-0.15, -0.1) is 5.06 Å². The van der Waals surface area contributed by atoms with E-state index in [2.05, 4.69) is 25.4 Å². The van der Waals surface area contributed by atoms with Crippen LogP contribution in [0.4, 0.5) is 4.79 Å². The Bertz CT molecular complexity index is 2180. The van der Waals surface area contributed by atoms with Crippen LogP contribution in [0.1, 0.15) is 96.1 Å². The number of aliphatic hydroxyl groups excluding tert-OH is 4. The molecule has 0 unspecified atom stereocenters. The van der Waals surface area contributed by atoms with Gasteiger partial charge in [-0.3, -0.25) is 28.9 Å². The number of alkyl carbamates (subject to hydrolysis) is 1. The second-order valence-corrected chi connectivity index (χ2v) is 17.1. The zero-order valence-corrected chi connectivity index (χ0v) is 40.3. The highest BCUT2D eigenvalue weighted by atomic mass is 16.7. The summed E-state index contributed by atoms with van der Waals surface area (Å²) in [5, 5.41) is 50.5. The lowest BCUT2D eigenvalue weighted by Gasteiger charge is -2.32. The molecule has 1 aliphatic carbocycles. The van der Waals surface area contributed by atoms with Crippen LogP contribution >= 0.6 is 0 Å². The number of rotatable bonds is 35. The van der Waals surface area contributed by atoms with Gasteiger partial charge >= 0.3 is 18.0 Å². The molecule has 1 aliphatic heterocycles. The third-order valence-electron chi connectivity index (χ3n) is 12.6. The van der Waals surface area contributed by atoms with E-state index in [1.807, 2.05) is 0 Å². The summed E-state index contributed by atoms with van der Waals surface area (Å²) in [6.45, 7) is -0.923. The van der Waals surface area contributed by atoms with Crippen molar-refractivity contribution in [3.05, 3.63) is 79.5 Å². The van der Waals surface area contributed by atoms with E-state index in [0.717, 1.165) is 0 Å². The van der Waals surface area contributed by atoms with E-state index in [0.29, 0.717) is 27.3 Å². The molecular formula is C47H63N9O16. The van der Waals surface area contributed by atoms with Gasteiger partial charge in [0.25, 0.3) is 11.8 Å². The van der Waals surface area contributed by atoms with Crippen molar-refractivity contribution < 1.29 is 77.8 Å². The summed E-state index contributed by atoms with van der Waals surface area (Å²) in [7, 11) is 0. The highest BCUT2D eigenvalue weighted by Gasteiger charge is 2.41. The quantitative estimate of drug-likeness (QED) is 0.0126. The molecule has 0 radical (unpaired) electrons. The average molecular weight is 1010 g/mol. The predicted octanol–water partition coefficient (Wildman–Crippen LogP) is 3.30. The van der Waals surface area contributed by atoms with Crippen molar-refractivity contribution in [1.82, 2.24) is 15.3 Å². The molecule has 0 aromatic heterocycles. The van der Waals surface area contributed by atoms with E-state index in [1.54, 1.807) is 36.4 Å². The Morgan fingerprint density at radius 3 is 1.64 bits per heavy atom. The van der Waals surface area contributed by atoms with Gasteiger partial charge < -0.3 is 49.5 Å². The molecule has 1 heterocycles. The first-order valence-electron chi connectivity index (χ1n) is 23.5. The molecule has 0 bridgehead atoms. The number of carbonyl (C=O) groups excluding carboxylic acids is 7. The Morgan fingerprint density at radius 1 is 0.708 bits per heavy atom. The Kier molecular flexibility index (Phi) is 24.0. The third-order valence-corrected chi connectivity index (χ3v) is 12.6. The van der Waals surface area contributed by atoms with Gasteiger partial charge in [-0.1, -0.05) is 34.5 Å². The van der Waals surface area contributed by atoms with Gasteiger partial charge in [0, 0.05) is 130 Å². The van der Waals surface area contributed by atoms with Crippen LogP contribution in [0.3, 0.4) is 0 Å². The zero-order chi connectivity index (χ0) is 52.5. The van der Waals surface area contributed by atoms with Crippen molar-refractivity contribution in [2.24, 2.45) is 21.1 Å². The summed E-state index contributed by atoms with van der Waals surface area (Å²) >= 11 is 0. The van der Waals surface area contributed by atoms with Crippen molar-refractivity contribution >= 4 is 41.4 Å². The summed E-state index contributed by atoms with van der Waals surface area (Å²) in [5.41, 5.74) is 17.5. The van der Waals surface area contributed by atoms with Crippen molar-refractivity contribution in [1.29, 1.82) is 0 Å². The van der Waals surface area contributed by atoms with Gasteiger partial charge in [0.05, 0.1) is 19.8 Å². The average Bonchev–Trinajstić information content (AvgIpc) is 3.84. The molecule has 0 saturated carbocycles. The Labute approximate surface area is 414 Å². The Balaban J connectivity index is 1.64. The first kappa shape index (κ1) is 58.0. The van der Waals surface area contributed by atoms with E-state index >= 15 is 0 Å². The minimum absolute atomic E-state index is 0.00965. The lowest BCUT2D eigenvalue weighted by molar-refractivity contribution is -0.198. The number of hydroxylamine groups is 2. The van der Waals surface area contributed by atoms with Gasteiger partial charge in [-0.05, 0) is 84.0 Å². The number of imide groups is 1. The van der Waals surface area contributed by atoms with Crippen molar-refractivity contribution in [3.63, 3.8) is 0 Å². The number of azide groups is 2. The number of ketones is 2. The Morgan fingerprint density at radius 2 is 1.19 bits per heavy atom. The van der Waals surface area contributed by atoms with Gasteiger partial charge in [-0.2, -0.15) is 0 Å². The topological polar surface area (TPSA) is 363 Å². The van der Waals surface area contributed by atoms with E-state index in [9.17, 15) is 54.0 Å². The van der Waals surface area contributed by atoms with Crippen LogP contribution in [0, 0.1) is 10.8 Å². The van der Waals surface area contributed by atoms with Crippen LogP contribution < -0.4 is 5.32 Å². The first-order valence-corrected chi connectivity index (χ1v) is 23.5. The van der Waals surface area contributed by atoms with Crippen LogP contribution in [0.25, 0.3) is 32.0 Å². The molecule has 1 saturated heterocycles. The predicted molar refractivity (Wildman–Crippen MR) is 253 cm³/mol. The molecule has 1 fully saturated rings. The maximum Gasteiger partial charge on any atom is 0.407 e. The van der Waals surface area contributed by atoms with Crippen LogP contribution in [0.2, 0.25) is 0 Å². The van der Waals surface area contributed by atoms with Crippen LogP contribution in [-0.4, -0.2) is 177 Å². The van der Waals surface area contributed by atoms with Gasteiger partial charge in [0.15, 0.2) is 11.6 Å². The third kappa shape index (κ3) is 16.2. The number of Topliss-reactive ketones (excluding diaryl/α,β-unsaturated/α-hetero) is 2. The number of hydrogen-bond donors (Lipinski definition) is 5. The monoisotopic (exact) mass is 1010 g/mol. The van der Waals surface area contributed by atoms with Crippen molar-refractivity contribution in [2.75, 3.05) is 105 Å². The fraction of sp³-hybridized carbons (Fsp3) is 0.596. The van der Waals surface area contributed by atoms with Gasteiger partial charge in [0.1, 0.15) is 13.2 Å². The first-order chi connectivity index (χ1) is 34.7. The number of hydrogen-bond acceptors (Lipinski definition) is 19. The fourth-order valence-electron chi connectivity index (χ4n) is 8.85. The number of nitrogens with one attached hydrogen (secondary N) is 1. The van der Waals surface area contributed by atoms with E-state index < -0.39 is 64.7 Å². The second-order valence-electron chi connectivity index (χ2n) is 17.1. The van der Waals surface area contributed by atoms with Crippen LogP contribution in [0.15, 0.2) is 46.6 Å². The maximum absolute atomic E-state index is 14.6. The molecule has 2 aromatic rings. The smallest absolute Gasteiger partial charge is 0.407 e. The number of benzene rings is 2. The van der Waals surface area contributed by atoms with Crippen LogP contribution in [0.5, 0.6) is 0 Å². The largest absolute Gasteiger partial charge is 0.465 e. The minimum atomic E-state index is -1.27. The number of esters is 1. The number of nitrogens with zero attached hydrogens (tertiary/aromatic N) is 8. The summed E-state index contributed by atoms with van der Waals surface area (Å²) < 4.78 is 22.1. The molecule has 72 heavy (non-hydrogen) atoms. The van der Waals surface area contributed by atoms with Crippen molar-refractivity contribution in [2.45, 2.75) is 64.2 Å². The Hall–Kier alpha value is -6.53. The summed E-state index contributed by atoms with van der Waals surface area (Å²) in [5.74, 6) is -4.42. The molecule has 2 aliphatic rings. The number of amides is 3. The molecular weight excluding hydrogens is 947 g/mol. The fourth-order valence-corrected chi connectivity index (χ4v) is 8.85. The highest BCUT2D eigenvalue weighted by Crippen LogP contribution is 2.48. The molecule has 392 valence electrons. The summed E-state index contributed by atoms with van der Waals surface area (Å²) in [6, 6.07) is 9.98. The minimum Gasteiger partial charge on any atom is -0.465 e. The normalized spacial score (nSPS) is 14.0. The molecule has 2 aromatic carbocycles. The molecule has 25 nitrogen and oxygen atoms in total. The number of fused-ring (bicyclic) bond motifs is 3. The summed E-state index contributed by atoms with van der Waals surface area (Å²) in [6.07, 6.45) is -0.913. The lowest BCUT2D eigenvalue weighted by atomic mass is 9.72. The number of ether oxygens (including phenoxy) is 4. The van der Waals surface area contributed by atoms with E-state index in [1.165, 1.54) is 11.8 Å². The number of aliphatic hydroxyl groups is 4. The van der Waals surface area contributed by atoms with Crippen LogP contribution in [-0.2, 0) is 43.0 Å². The zero-order valence-electron chi connectivity index (χ0n) is 40.3. The molecule has 3 amide bonds. The summed E-state index contributed by atoms with van der Waals surface area (Å²) in [4.78, 5) is 103. The number of carbonyl (C=O) groups is 7. The van der Waals surface area contributed by atoms with E-state index in [4.69, 9.17) is 34.8 Å². The highest BCUT2D eigenvalue weighted by molar-refractivity contribution is 6.04. The maximum atomic E-state index is 14.6. The molecule has 5 N–H and O–H groups in total. The molecule has 0 atom stereocenters. The van der Waals surface area contributed by atoms with E-state index in [-0.39, 0.29) is 161 Å². The van der Waals surface area contributed by atoms with Gasteiger partial charge in [0.2, 0.25) is 0 Å². The SMILES string of the molecule is CC(=O)OCCN(CCNC(=O)OCC1c2cc(C(=O)C(CCO)(CCO)CCOCCN=[N+]=[N-])ccc2-c2ccc(C(=O)C(CCO)(CCO)CCOCCN=[N+]=[N-])cc21)CC(=O)ON1C(=O)CCC1=O. The molecule has 25 heteroatoms. The molecule has 4 rings (SSSR count).